The number of carbonyl (C=O) groups is 3. The van der Waals surface area contributed by atoms with E-state index in [1.165, 1.54) is 14.2 Å². The number of aromatic amines is 2. The number of carbonyl (C=O) groups excluding carboxylic acids is 3. The standard InChI is InChI=1S/C38H42N8O6/c1-22(39-21-52-51-4)36(47)45-17-5-7-32(45)34-41-28-15-13-26(19-30(28)43-34)24-9-11-25(12-10-24)27-14-16-29-31(20-27)44-35(42-29)33-8-6-18-46(33)37(48)23(2)40-38(49)50-3/h9-16,19-23,32-33H,5-8,17-18H2,1-4H3,(H,40,49)(H,41,43)(H,42,44)/b39-21+/t22-,23-,32-,33-/m0/s1. The maximum absolute atomic E-state index is 13.2. The van der Waals surface area contributed by atoms with E-state index in [4.69, 9.17) is 14.9 Å². The van der Waals surface area contributed by atoms with Crippen molar-refractivity contribution in [3.8, 4) is 22.3 Å². The molecule has 2 saturated heterocycles. The molecule has 2 fully saturated rings. The van der Waals surface area contributed by atoms with E-state index < -0.39 is 18.2 Å². The Kier molecular flexibility index (Phi) is 9.90. The molecular formula is C38H42N8O6. The van der Waals surface area contributed by atoms with Gasteiger partial charge in [-0.15, -0.1) is 0 Å². The molecular weight excluding hydrogens is 664 g/mol. The number of aliphatic imine (C=N–C) groups is 1. The van der Waals surface area contributed by atoms with E-state index in [1.807, 2.05) is 17.0 Å². The van der Waals surface area contributed by atoms with Crippen LogP contribution in [0.1, 0.15) is 63.3 Å². The van der Waals surface area contributed by atoms with Gasteiger partial charge in [0.2, 0.25) is 18.2 Å². The summed E-state index contributed by atoms with van der Waals surface area (Å²) in [7, 11) is 2.66. The predicted octanol–water partition coefficient (Wildman–Crippen LogP) is 5.84. The summed E-state index contributed by atoms with van der Waals surface area (Å²) < 4.78 is 4.66. The Bertz CT molecular complexity index is 2120. The minimum Gasteiger partial charge on any atom is -0.453 e. The molecule has 3 amide bonds. The van der Waals surface area contributed by atoms with Crippen molar-refractivity contribution in [2.75, 3.05) is 27.3 Å². The fourth-order valence-electron chi connectivity index (χ4n) is 7.22. The van der Waals surface area contributed by atoms with Gasteiger partial charge >= 0.3 is 6.09 Å². The maximum atomic E-state index is 13.2. The molecule has 0 unspecified atom stereocenters. The van der Waals surface area contributed by atoms with Gasteiger partial charge in [-0.1, -0.05) is 36.4 Å². The summed E-state index contributed by atoms with van der Waals surface area (Å²) in [6.07, 6.45) is 3.86. The molecule has 14 heteroatoms. The number of hydrogen-bond acceptors (Lipinski definition) is 9. The van der Waals surface area contributed by atoms with Crippen LogP contribution in [0, 0.1) is 0 Å². The molecule has 0 radical (unpaired) electrons. The number of aromatic nitrogens is 4. The zero-order chi connectivity index (χ0) is 36.4. The molecule has 270 valence electrons. The number of nitrogens with zero attached hydrogens (tertiary/aromatic N) is 5. The van der Waals surface area contributed by atoms with Gasteiger partial charge in [-0.25, -0.2) is 19.8 Å². The molecule has 3 N–H and O–H groups in total. The summed E-state index contributed by atoms with van der Waals surface area (Å²) in [6.45, 7) is 4.64. The number of hydrogen-bond donors (Lipinski definition) is 3. The molecule has 5 aromatic rings. The van der Waals surface area contributed by atoms with Crippen molar-refractivity contribution in [2.24, 2.45) is 4.99 Å². The quantitative estimate of drug-likeness (QED) is 0.0705. The fraction of sp³-hybridized carbons (Fsp3) is 0.368. The monoisotopic (exact) mass is 706 g/mol. The average Bonchev–Trinajstić information content (AvgIpc) is 3.99. The Morgan fingerprint density at radius 2 is 1.29 bits per heavy atom. The van der Waals surface area contributed by atoms with Crippen LogP contribution in [0.2, 0.25) is 0 Å². The first-order valence-electron chi connectivity index (χ1n) is 17.5. The molecule has 2 aromatic heterocycles. The first-order valence-corrected chi connectivity index (χ1v) is 17.5. The van der Waals surface area contributed by atoms with Gasteiger partial charge in [0.25, 0.3) is 0 Å². The van der Waals surface area contributed by atoms with Crippen LogP contribution in [0.4, 0.5) is 4.79 Å². The molecule has 0 bridgehead atoms. The molecule has 52 heavy (non-hydrogen) atoms. The van der Waals surface area contributed by atoms with E-state index in [1.54, 1.807) is 18.7 Å². The van der Waals surface area contributed by atoms with E-state index in [-0.39, 0.29) is 23.9 Å². The molecule has 4 atom stereocenters. The number of methoxy groups -OCH3 is 1. The van der Waals surface area contributed by atoms with E-state index in [0.717, 1.165) is 88.1 Å². The number of imidazole rings is 2. The number of benzene rings is 3. The zero-order valence-electron chi connectivity index (χ0n) is 29.6. The number of nitrogens with one attached hydrogen (secondary N) is 3. The SMILES string of the molecule is COO/C=N/[C@@H](C)C(=O)N1CCC[C@H]1c1nc2cc(-c3ccc(-c4ccc5[nH]c([C@@H]6CCCN6C(=O)[C@H](C)NC(=O)OC)nc5c4)cc3)ccc2[nH]1. The summed E-state index contributed by atoms with van der Waals surface area (Å²) in [5.74, 6) is 1.26. The van der Waals surface area contributed by atoms with Gasteiger partial charge in [0.15, 0.2) is 0 Å². The normalized spacial score (nSPS) is 18.7. The largest absolute Gasteiger partial charge is 0.453 e. The molecule has 4 heterocycles. The topological polar surface area (TPSA) is 167 Å². The van der Waals surface area contributed by atoms with Crippen molar-refractivity contribution >= 4 is 46.4 Å². The van der Waals surface area contributed by atoms with Crippen LogP contribution in [-0.2, 0) is 24.1 Å². The molecule has 7 rings (SSSR count). The summed E-state index contributed by atoms with van der Waals surface area (Å²) in [6, 6.07) is 19.1. The van der Waals surface area contributed by atoms with Crippen molar-refractivity contribution in [1.29, 1.82) is 0 Å². The van der Waals surface area contributed by atoms with Gasteiger partial charge in [0, 0.05) is 13.1 Å². The third-order valence-electron chi connectivity index (χ3n) is 9.93. The zero-order valence-corrected chi connectivity index (χ0v) is 29.6. The summed E-state index contributed by atoms with van der Waals surface area (Å²) in [5.41, 5.74) is 7.65. The molecule has 0 saturated carbocycles. The van der Waals surface area contributed by atoms with E-state index in [9.17, 15) is 14.4 Å². The van der Waals surface area contributed by atoms with Gasteiger partial charge in [0.1, 0.15) is 23.7 Å². The second-order valence-corrected chi connectivity index (χ2v) is 13.2. The Labute approximate surface area is 300 Å². The minimum absolute atomic E-state index is 0.0833. The van der Waals surface area contributed by atoms with Crippen LogP contribution >= 0.6 is 0 Å². The molecule has 3 aromatic carbocycles. The lowest BCUT2D eigenvalue weighted by molar-refractivity contribution is -0.188. The Morgan fingerprint density at radius 1 is 0.788 bits per heavy atom. The van der Waals surface area contributed by atoms with Crippen LogP contribution in [-0.4, -0.2) is 93.4 Å². The second kappa shape index (κ2) is 14.8. The first kappa shape index (κ1) is 34.7. The average molecular weight is 707 g/mol. The highest BCUT2D eigenvalue weighted by atomic mass is 17.2. The third-order valence-corrected chi connectivity index (χ3v) is 9.93. The van der Waals surface area contributed by atoms with Crippen LogP contribution in [0.15, 0.2) is 65.7 Å². The number of H-pyrrole nitrogens is 2. The molecule has 0 spiro atoms. The van der Waals surface area contributed by atoms with Gasteiger partial charge in [-0.2, -0.15) is 4.89 Å². The van der Waals surface area contributed by atoms with Crippen molar-refractivity contribution < 1.29 is 28.9 Å². The number of likely N-dealkylation sites (tertiary alicyclic amines) is 2. The lowest BCUT2D eigenvalue weighted by Gasteiger charge is -2.26. The Balaban J connectivity index is 1.05. The van der Waals surface area contributed by atoms with Gasteiger partial charge in [-0.3, -0.25) is 9.59 Å². The van der Waals surface area contributed by atoms with Crippen molar-refractivity contribution in [3.05, 3.63) is 72.3 Å². The van der Waals surface area contributed by atoms with Gasteiger partial charge < -0.3 is 34.7 Å². The molecule has 14 nitrogen and oxygen atoms in total. The van der Waals surface area contributed by atoms with Crippen LogP contribution in [0.25, 0.3) is 44.3 Å². The van der Waals surface area contributed by atoms with Crippen molar-refractivity contribution in [1.82, 2.24) is 35.1 Å². The predicted molar refractivity (Wildman–Crippen MR) is 195 cm³/mol. The Morgan fingerprint density at radius 3 is 1.79 bits per heavy atom. The number of rotatable bonds is 10. The molecule has 2 aliphatic rings. The lowest BCUT2D eigenvalue weighted by Crippen LogP contribution is -2.46. The van der Waals surface area contributed by atoms with Crippen LogP contribution in [0.5, 0.6) is 0 Å². The van der Waals surface area contributed by atoms with Gasteiger partial charge in [-0.05, 0) is 86.1 Å². The second-order valence-electron chi connectivity index (χ2n) is 13.2. The Hall–Kier alpha value is -5.76. The number of ether oxygens (including phenoxy) is 1. The van der Waals surface area contributed by atoms with E-state index in [2.05, 4.69) is 78.4 Å². The number of fused-ring (bicyclic) bond motifs is 2. The molecule has 2 aliphatic heterocycles. The highest BCUT2D eigenvalue weighted by molar-refractivity contribution is 5.87. The lowest BCUT2D eigenvalue weighted by atomic mass is 10.00. The summed E-state index contributed by atoms with van der Waals surface area (Å²) >= 11 is 0. The summed E-state index contributed by atoms with van der Waals surface area (Å²) in [4.78, 5) is 71.6. The van der Waals surface area contributed by atoms with Crippen LogP contribution in [0.3, 0.4) is 0 Å². The fourth-order valence-corrected chi connectivity index (χ4v) is 7.22. The van der Waals surface area contributed by atoms with Crippen molar-refractivity contribution in [2.45, 2.75) is 63.7 Å². The van der Waals surface area contributed by atoms with E-state index in [0.29, 0.717) is 13.1 Å². The third kappa shape index (κ3) is 6.93. The molecule has 0 aliphatic carbocycles. The van der Waals surface area contributed by atoms with Gasteiger partial charge in [0.05, 0.1) is 48.4 Å². The number of alkyl carbamates (subject to hydrolysis) is 1. The van der Waals surface area contributed by atoms with Crippen LogP contribution < -0.4 is 5.32 Å². The summed E-state index contributed by atoms with van der Waals surface area (Å²) in [5, 5.41) is 2.57. The number of amides is 3. The smallest absolute Gasteiger partial charge is 0.407 e. The minimum atomic E-state index is -0.705. The van der Waals surface area contributed by atoms with E-state index >= 15 is 0 Å². The highest BCUT2D eigenvalue weighted by Crippen LogP contribution is 2.35. The first-order chi connectivity index (χ1) is 25.2. The highest BCUT2D eigenvalue weighted by Gasteiger charge is 2.36. The maximum Gasteiger partial charge on any atom is 0.407 e. The van der Waals surface area contributed by atoms with Crippen molar-refractivity contribution in [3.63, 3.8) is 0 Å².